The van der Waals surface area contributed by atoms with Crippen molar-refractivity contribution in [3.05, 3.63) is 39.8 Å². The largest absolute Gasteiger partial charge is 0.493 e. The Hall–Kier alpha value is -2.65. The number of amides is 2. The molecule has 2 amide bonds. The summed E-state index contributed by atoms with van der Waals surface area (Å²) in [6.07, 6.45) is 1.50. The van der Waals surface area contributed by atoms with Crippen molar-refractivity contribution in [3.63, 3.8) is 0 Å². The van der Waals surface area contributed by atoms with Gasteiger partial charge >= 0.3 is 0 Å². The van der Waals surface area contributed by atoms with E-state index < -0.39 is 5.91 Å². The molecule has 3 rings (SSSR count). The van der Waals surface area contributed by atoms with Crippen molar-refractivity contribution in [2.75, 3.05) is 26.8 Å². The van der Waals surface area contributed by atoms with Crippen LogP contribution < -0.4 is 20.3 Å². The summed E-state index contributed by atoms with van der Waals surface area (Å²) >= 11 is 1.65. The first kappa shape index (κ1) is 22.0. The van der Waals surface area contributed by atoms with Gasteiger partial charge in [-0.2, -0.15) is 0 Å². The van der Waals surface area contributed by atoms with Gasteiger partial charge in [-0.1, -0.05) is 0 Å². The van der Waals surface area contributed by atoms with E-state index in [4.69, 9.17) is 9.47 Å². The van der Waals surface area contributed by atoms with Crippen LogP contribution in [0.4, 0.5) is 0 Å². The molecule has 1 fully saturated rings. The maximum Gasteiger partial charge on any atom is 0.269 e. The van der Waals surface area contributed by atoms with E-state index in [1.807, 2.05) is 13.8 Å². The number of nitrogens with one attached hydrogen (secondary N) is 2. The van der Waals surface area contributed by atoms with Crippen LogP contribution in [0.3, 0.4) is 0 Å². The fourth-order valence-corrected chi connectivity index (χ4v) is 4.04. The molecule has 0 atom stereocenters. The van der Waals surface area contributed by atoms with Crippen molar-refractivity contribution in [3.8, 4) is 11.5 Å². The number of piperidine rings is 1. The maximum atomic E-state index is 12.5. The summed E-state index contributed by atoms with van der Waals surface area (Å²) in [5, 5.41) is 3.15. The highest BCUT2D eigenvalue weighted by atomic mass is 32.1. The summed E-state index contributed by atoms with van der Waals surface area (Å²) in [5.41, 5.74) is 6.51. The van der Waals surface area contributed by atoms with Crippen LogP contribution in [-0.4, -0.2) is 48.5 Å². The summed E-state index contributed by atoms with van der Waals surface area (Å²) in [5.74, 6) is 0.360. The van der Waals surface area contributed by atoms with Crippen molar-refractivity contribution in [2.24, 2.45) is 5.92 Å². The number of thiazole rings is 1. The molecule has 0 saturated carbocycles. The molecule has 0 bridgehead atoms. The van der Waals surface area contributed by atoms with Gasteiger partial charge in [0, 0.05) is 23.4 Å². The Morgan fingerprint density at radius 1 is 1.23 bits per heavy atom. The summed E-state index contributed by atoms with van der Waals surface area (Å²) in [7, 11) is 1.52. The second-order valence-electron chi connectivity index (χ2n) is 7.15. The molecule has 30 heavy (non-hydrogen) atoms. The highest BCUT2D eigenvalue weighted by Gasteiger charge is 2.25. The summed E-state index contributed by atoms with van der Waals surface area (Å²) in [4.78, 5) is 31.7. The minimum atomic E-state index is -0.402. The van der Waals surface area contributed by atoms with Gasteiger partial charge in [-0.15, -0.1) is 11.3 Å². The molecule has 1 aliphatic heterocycles. The van der Waals surface area contributed by atoms with E-state index in [1.165, 1.54) is 7.11 Å². The zero-order valence-electron chi connectivity index (χ0n) is 17.6. The molecule has 1 aliphatic rings. The molecule has 0 aliphatic carbocycles. The predicted molar refractivity (Wildman–Crippen MR) is 115 cm³/mol. The molecule has 1 aromatic heterocycles. The summed E-state index contributed by atoms with van der Waals surface area (Å²) in [6.45, 7) is 6.86. The SMILES string of the molecule is CCOc1ccc(C(=O)NNC(=O)C2CCN(Cc3csc(C)n3)CC2)cc1OC. The van der Waals surface area contributed by atoms with Crippen molar-refractivity contribution in [2.45, 2.75) is 33.2 Å². The number of aryl methyl sites for hydroxylation is 1. The van der Waals surface area contributed by atoms with Crippen molar-refractivity contribution in [1.29, 1.82) is 0 Å². The van der Waals surface area contributed by atoms with Gasteiger partial charge in [0.1, 0.15) is 0 Å². The number of aromatic nitrogens is 1. The van der Waals surface area contributed by atoms with E-state index in [2.05, 4.69) is 26.1 Å². The van der Waals surface area contributed by atoms with E-state index in [9.17, 15) is 9.59 Å². The minimum Gasteiger partial charge on any atom is -0.493 e. The zero-order chi connectivity index (χ0) is 21.5. The molecule has 2 heterocycles. The Morgan fingerprint density at radius 2 is 2.00 bits per heavy atom. The second-order valence-corrected chi connectivity index (χ2v) is 8.21. The zero-order valence-corrected chi connectivity index (χ0v) is 18.4. The molecule has 1 saturated heterocycles. The normalized spacial score (nSPS) is 14.9. The Kier molecular flexibility index (Phi) is 7.64. The molecular formula is C21H28N4O4S. The van der Waals surface area contributed by atoms with E-state index in [1.54, 1.807) is 29.5 Å². The van der Waals surface area contributed by atoms with Gasteiger partial charge in [0.2, 0.25) is 5.91 Å². The monoisotopic (exact) mass is 432 g/mol. The van der Waals surface area contributed by atoms with E-state index >= 15 is 0 Å². The number of benzene rings is 1. The van der Waals surface area contributed by atoms with Crippen LogP contribution >= 0.6 is 11.3 Å². The number of carbonyl (C=O) groups is 2. The quantitative estimate of drug-likeness (QED) is 0.653. The number of nitrogens with zero attached hydrogens (tertiary/aromatic N) is 2. The number of rotatable bonds is 7. The maximum absolute atomic E-state index is 12.5. The van der Waals surface area contributed by atoms with Crippen molar-refractivity contribution in [1.82, 2.24) is 20.7 Å². The first-order valence-corrected chi connectivity index (χ1v) is 10.9. The first-order valence-electron chi connectivity index (χ1n) is 10.0. The smallest absolute Gasteiger partial charge is 0.269 e. The molecule has 0 unspecified atom stereocenters. The molecule has 1 aromatic carbocycles. The van der Waals surface area contributed by atoms with Crippen LogP contribution in [0.2, 0.25) is 0 Å². The standard InChI is InChI=1S/C21H28N4O4S/c1-4-29-18-6-5-16(11-19(18)28-3)21(27)24-23-20(26)15-7-9-25(10-8-15)12-17-13-30-14(2)22-17/h5-6,11,13,15H,4,7-10,12H2,1-3H3,(H,23,26)(H,24,27). The summed E-state index contributed by atoms with van der Waals surface area (Å²) in [6, 6.07) is 4.90. The van der Waals surface area contributed by atoms with Gasteiger partial charge in [-0.05, 0) is 58.0 Å². The van der Waals surface area contributed by atoms with Gasteiger partial charge in [0.05, 0.1) is 24.4 Å². The van der Waals surface area contributed by atoms with E-state index in [-0.39, 0.29) is 11.8 Å². The highest BCUT2D eigenvalue weighted by molar-refractivity contribution is 7.09. The number of hydrazine groups is 1. The van der Waals surface area contributed by atoms with Crippen molar-refractivity contribution >= 4 is 23.2 Å². The van der Waals surface area contributed by atoms with Crippen LogP contribution in [0, 0.1) is 12.8 Å². The average molecular weight is 433 g/mol. The van der Waals surface area contributed by atoms with Crippen LogP contribution in [0.1, 0.15) is 40.8 Å². The second kappa shape index (κ2) is 10.4. The lowest BCUT2D eigenvalue weighted by Gasteiger charge is -2.30. The molecule has 2 aromatic rings. The lowest BCUT2D eigenvalue weighted by atomic mass is 9.96. The molecule has 0 radical (unpaired) electrons. The predicted octanol–water partition coefficient (Wildman–Crippen LogP) is 2.53. The number of likely N-dealkylation sites (tertiary alicyclic amines) is 1. The average Bonchev–Trinajstić information content (AvgIpc) is 3.17. The topological polar surface area (TPSA) is 92.8 Å². The van der Waals surface area contributed by atoms with E-state index in [0.717, 1.165) is 43.2 Å². The molecule has 8 nitrogen and oxygen atoms in total. The fraction of sp³-hybridized carbons (Fsp3) is 0.476. The lowest BCUT2D eigenvalue weighted by Crippen LogP contribution is -2.47. The molecular weight excluding hydrogens is 404 g/mol. The number of carbonyl (C=O) groups excluding carboxylic acids is 2. The molecule has 2 N–H and O–H groups in total. The Morgan fingerprint density at radius 3 is 2.63 bits per heavy atom. The molecule has 0 spiro atoms. The van der Waals surface area contributed by atoms with Gasteiger partial charge in [-0.25, -0.2) is 4.98 Å². The molecule has 162 valence electrons. The highest BCUT2D eigenvalue weighted by Crippen LogP contribution is 2.28. The first-order chi connectivity index (χ1) is 14.5. The van der Waals surface area contributed by atoms with Gasteiger partial charge in [0.15, 0.2) is 11.5 Å². The third-order valence-corrected chi connectivity index (χ3v) is 5.86. The van der Waals surface area contributed by atoms with Gasteiger partial charge in [0.25, 0.3) is 5.91 Å². The molecule has 9 heteroatoms. The van der Waals surface area contributed by atoms with Crippen LogP contribution in [-0.2, 0) is 11.3 Å². The number of ether oxygens (including phenoxy) is 2. The Labute approximate surface area is 180 Å². The Bertz CT molecular complexity index is 878. The number of methoxy groups -OCH3 is 1. The van der Waals surface area contributed by atoms with Crippen molar-refractivity contribution < 1.29 is 19.1 Å². The third-order valence-electron chi connectivity index (χ3n) is 5.04. The Balaban J connectivity index is 1.46. The number of hydrogen-bond donors (Lipinski definition) is 2. The van der Waals surface area contributed by atoms with Crippen LogP contribution in [0.25, 0.3) is 0 Å². The lowest BCUT2D eigenvalue weighted by molar-refractivity contribution is -0.127. The van der Waals surface area contributed by atoms with Crippen LogP contribution in [0.5, 0.6) is 11.5 Å². The minimum absolute atomic E-state index is 0.117. The third kappa shape index (κ3) is 5.70. The summed E-state index contributed by atoms with van der Waals surface area (Å²) < 4.78 is 10.7. The fourth-order valence-electron chi connectivity index (χ4n) is 3.44. The number of hydrogen-bond acceptors (Lipinski definition) is 7. The van der Waals surface area contributed by atoms with Crippen LogP contribution in [0.15, 0.2) is 23.6 Å². The van der Waals surface area contributed by atoms with Gasteiger partial charge in [-0.3, -0.25) is 25.3 Å². The van der Waals surface area contributed by atoms with E-state index in [0.29, 0.717) is 23.7 Å². The van der Waals surface area contributed by atoms with Gasteiger partial charge < -0.3 is 9.47 Å².